The summed E-state index contributed by atoms with van der Waals surface area (Å²) in [5.74, 6) is -0.561. The molecule has 0 saturated carbocycles. The third kappa shape index (κ3) is 3.10. The van der Waals surface area contributed by atoms with Gasteiger partial charge in [-0.25, -0.2) is 4.68 Å². The van der Waals surface area contributed by atoms with Crippen molar-refractivity contribution in [3.05, 3.63) is 29.0 Å². The number of carbonyl (C=O) groups is 1. The molecule has 0 aliphatic carbocycles. The number of carbonyl (C=O) groups excluding carboxylic acids is 1. The van der Waals surface area contributed by atoms with Gasteiger partial charge in [0.15, 0.2) is 5.78 Å². The quantitative estimate of drug-likeness (QED) is 0.744. The first kappa shape index (κ1) is 17.1. The molecule has 12 heteroatoms. The molecule has 138 valence electrons. The second-order valence-electron chi connectivity index (χ2n) is 5.74. The highest BCUT2D eigenvalue weighted by Gasteiger charge is 2.45. The number of nitrogens with zero attached hydrogens (tertiary/aromatic N) is 4. The number of ketones is 1. The molecule has 2 aromatic rings. The van der Waals surface area contributed by atoms with Gasteiger partial charge in [0.2, 0.25) is 11.1 Å². The third-order valence-corrected chi connectivity index (χ3v) is 4.40. The molecule has 26 heavy (non-hydrogen) atoms. The van der Waals surface area contributed by atoms with E-state index in [1.54, 1.807) is 0 Å². The van der Waals surface area contributed by atoms with E-state index in [2.05, 4.69) is 15.2 Å². The highest BCUT2D eigenvalue weighted by atomic mass is 32.1. The molecule has 3 atom stereocenters. The highest BCUT2D eigenvalue weighted by molar-refractivity contribution is 7.71. The summed E-state index contributed by atoms with van der Waals surface area (Å²) in [6.07, 6.45) is -5.81. The second kappa shape index (κ2) is 6.14. The predicted octanol–water partition coefficient (Wildman–Crippen LogP) is 1.95. The van der Waals surface area contributed by atoms with E-state index in [0.717, 1.165) is 12.1 Å². The van der Waals surface area contributed by atoms with Gasteiger partial charge < -0.3 is 14.2 Å². The third-order valence-electron chi connectivity index (χ3n) is 4.04. The molecule has 2 aliphatic heterocycles. The summed E-state index contributed by atoms with van der Waals surface area (Å²) in [5.41, 5.74) is 0.402. The van der Waals surface area contributed by atoms with Gasteiger partial charge in [-0.1, -0.05) is 0 Å². The summed E-state index contributed by atoms with van der Waals surface area (Å²) >= 11 is 5.34. The molecular formula is C14H11F3N4O4S. The zero-order chi connectivity index (χ0) is 18.5. The number of fused-ring (bicyclic) bond motifs is 2. The summed E-state index contributed by atoms with van der Waals surface area (Å²) < 4.78 is 54.1. The summed E-state index contributed by atoms with van der Waals surface area (Å²) in [4.78, 5) is 11.9. The van der Waals surface area contributed by atoms with Crippen LogP contribution in [0.15, 0.2) is 24.3 Å². The lowest BCUT2D eigenvalue weighted by molar-refractivity contribution is -0.274. The molecule has 0 spiro atoms. The fourth-order valence-electron chi connectivity index (χ4n) is 2.88. The van der Waals surface area contributed by atoms with Gasteiger partial charge in [-0.05, 0) is 46.9 Å². The lowest BCUT2D eigenvalue weighted by Gasteiger charge is -2.25. The summed E-state index contributed by atoms with van der Waals surface area (Å²) in [7, 11) is 0. The Bertz CT molecular complexity index is 895. The van der Waals surface area contributed by atoms with Crippen molar-refractivity contribution in [2.45, 2.75) is 31.2 Å². The van der Waals surface area contributed by atoms with Crippen LogP contribution >= 0.6 is 12.2 Å². The number of tetrazole rings is 1. The maximum atomic E-state index is 12.2. The van der Waals surface area contributed by atoms with Crippen LogP contribution in [-0.4, -0.2) is 50.9 Å². The maximum Gasteiger partial charge on any atom is 0.573 e. The smallest absolute Gasteiger partial charge is 0.406 e. The largest absolute Gasteiger partial charge is 0.573 e. The van der Waals surface area contributed by atoms with Gasteiger partial charge in [0.05, 0.1) is 18.3 Å². The Labute approximate surface area is 149 Å². The number of Topliss-reactive ketones (excluding diaryl/α,β-unsaturated/α-hetero) is 1. The molecular weight excluding hydrogens is 377 g/mol. The molecule has 1 aromatic carbocycles. The van der Waals surface area contributed by atoms with Crippen LogP contribution in [0.5, 0.6) is 5.75 Å². The van der Waals surface area contributed by atoms with E-state index in [4.69, 9.17) is 21.7 Å². The number of halogens is 3. The predicted molar refractivity (Wildman–Crippen MR) is 80.1 cm³/mol. The van der Waals surface area contributed by atoms with Gasteiger partial charge in [-0.15, -0.1) is 13.2 Å². The SMILES string of the molecule is O=C1C[C@H](n2nnn(-c3ccc(OC(F)(F)F)cc3)c2=S)[C@H]2CO[C@H]1O2. The van der Waals surface area contributed by atoms with E-state index in [1.165, 1.54) is 21.5 Å². The van der Waals surface area contributed by atoms with Crippen LogP contribution in [0.25, 0.3) is 5.69 Å². The molecule has 2 saturated heterocycles. The van der Waals surface area contributed by atoms with Crippen LogP contribution in [0.3, 0.4) is 0 Å². The van der Waals surface area contributed by atoms with E-state index >= 15 is 0 Å². The van der Waals surface area contributed by atoms with Crippen molar-refractivity contribution < 1.29 is 32.2 Å². The molecule has 1 aromatic heterocycles. The fraction of sp³-hybridized carbons (Fsp3) is 0.429. The van der Waals surface area contributed by atoms with Gasteiger partial charge in [-0.2, -0.15) is 4.68 Å². The first-order valence-corrected chi connectivity index (χ1v) is 7.93. The van der Waals surface area contributed by atoms with Gasteiger partial charge >= 0.3 is 6.36 Å². The molecule has 0 unspecified atom stereocenters. The zero-order valence-electron chi connectivity index (χ0n) is 12.9. The van der Waals surface area contributed by atoms with Crippen LogP contribution < -0.4 is 4.74 Å². The van der Waals surface area contributed by atoms with E-state index < -0.39 is 18.7 Å². The fourth-order valence-corrected chi connectivity index (χ4v) is 3.20. The number of benzene rings is 1. The number of rotatable bonds is 3. The Hall–Kier alpha value is -2.31. The zero-order valence-corrected chi connectivity index (χ0v) is 13.7. The van der Waals surface area contributed by atoms with Gasteiger partial charge in [-0.3, -0.25) is 4.79 Å². The van der Waals surface area contributed by atoms with E-state index in [9.17, 15) is 18.0 Å². The minimum absolute atomic E-state index is 0.153. The topological polar surface area (TPSA) is 80.4 Å². The number of alkyl halides is 3. The standard InChI is InChI=1S/C14H11F3N4O4S/c15-14(16,17)25-8-3-1-7(2-4-8)20-13(26)21(19-18-20)9-5-10(22)12-23-6-11(9)24-12/h1-4,9,11-12H,5-6H2/t9-,11+,12-/m0/s1. The molecule has 2 aliphatic rings. The average Bonchev–Trinajstić information content (AvgIpc) is 3.16. The van der Waals surface area contributed by atoms with Crippen LogP contribution in [0.4, 0.5) is 13.2 Å². The summed E-state index contributed by atoms with van der Waals surface area (Å²) in [6.45, 7) is 0.249. The van der Waals surface area contributed by atoms with Gasteiger partial charge in [0, 0.05) is 6.42 Å². The van der Waals surface area contributed by atoms with Crippen molar-refractivity contribution in [2.24, 2.45) is 0 Å². The molecule has 8 nitrogen and oxygen atoms in total. The van der Waals surface area contributed by atoms with E-state index in [1.807, 2.05) is 0 Å². The monoisotopic (exact) mass is 388 g/mol. The molecule has 0 N–H and O–H groups in total. The Morgan fingerprint density at radius 3 is 2.65 bits per heavy atom. The van der Waals surface area contributed by atoms with Crippen LogP contribution in [-0.2, 0) is 14.3 Å². The van der Waals surface area contributed by atoms with Gasteiger partial charge in [0.25, 0.3) is 0 Å². The van der Waals surface area contributed by atoms with Crippen molar-refractivity contribution >= 4 is 18.0 Å². The van der Waals surface area contributed by atoms with Crippen molar-refractivity contribution in [1.29, 1.82) is 0 Å². The number of hydrogen-bond donors (Lipinski definition) is 0. The molecule has 4 rings (SSSR count). The van der Waals surface area contributed by atoms with Crippen LogP contribution in [0.1, 0.15) is 12.5 Å². The van der Waals surface area contributed by atoms with Crippen molar-refractivity contribution in [3.63, 3.8) is 0 Å². The van der Waals surface area contributed by atoms with Crippen molar-refractivity contribution in [2.75, 3.05) is 6.61 Å². The van der Waals surface area contributed by atoms with Crippen LogP contribution in [0.2, 0.25) is 0 Å². The highest BCUT2D eigenvalue weighted by Crippen LogP contribution is 2.32. The first-order chi connectivity index (χ1) is 12.3. The Morgan fingerprint density at radius 2 is 1.96 bits per heavy atom. The Balaban J connectivity index is 1.60. The minimum Gasteiger partial charge on any atom is -0.406 e. The molecule has 2 fully saturated rings. The minimum atomic E-state index is -4.77. The lowest BCUT2D eigenvalue weighted by Crippen LogP contribution is -2.37. The number of hydrogen-bond acceptors (Lipinski definition) is 7. The maximum absolute atomic E-state index is 12.2. The molecule has 2 bridgehead atoms. The van der Waals surface area contributed by atoms with Gasteiger partial charge in [0.1, 0.15) is 11.9 Å². The van der Waals surface area contributed by atoms with Crippen molar-refractivity contribution in [3.8, 4) is 11.4 Å². The molecule has 0 radical (unpaired) electrons. The average molecular weight is 388 g/mol. The van der Waals surface area contributed by atoms with Crippen molar-refractivity contribution in [1.82, 2.24) is 19.8 Å². The summed E-state index contributed by atoms with van der Waals surface area (Å²) in [5, 5.41) is 7.90. The Morgan fingerprint density at radius 1 is 1.23 bits per heavy atom. The first-order valence-electron chi connectivity index (χ1n) is 7.52. The van der Waals surface area contributed by atoms with E-state index in [-0.39, 0.29) is 35.4 Å². The normalized spacial score (nSPS) is 25.5. The van der Waals surface area contributed by atoms with E-state index in [0.29, 0.717) is 5.69 Å². The number of aromatic nitrogens is 4. The van der Waals surface area contributed by atoms with Crippen LogP contribution in [0, 0.1) is 4.77 Å². The number of ether oxygens (including phenoxy) is 3. The molecule has 0 amide bonds. The Kier molecular flexibility index (Phi) is 4.04. The molecule has 3 heterocycles. The second-order valence-corrected chi connectivity index (χ2v) is 6.10. The lowest BCUT2D eigenvalue weighted by atomic mass is 10.0. The summed E-state index contributed by atoms with van der Waals surface area (Å²) in [6, 6.07) is 4.58.